The number of halogens is 1. The zero-order valence-corrected chi connectivity index (χ0v) is 19.3. The number of hydrogen-bond acceptors (Lipinski definition) is 6. The van der Waals surface area contributed by atoms with Gasteiger partial charge in [-0.1, -0.05) is 22.0 Å². The van der Waals surface area contributed by atoms with Crippen molar-refractivity contribution in [1.82, 2.24) is 13.5 Å². The smallest absolute Gasteiger partial charge is 0.242 e. The molecule has 0 unspecified atom stereocenters. The van der Waals surface area contributed by atoms with E-state index in [4.69, 9.17) is 0 Å². The molecule has 1 aliphatic rings. The fraction of sp³-hybridized carbons (Fsp3) is 0.350. The van der Waals surface area contributed by atoms with Crippen LogP contribution in [0, 0.1) is 11.8 Å². The Bertz CT molecular complexity index is 1140. The van der Waals surface area contributed by atoms with Gasteiger partial charge in [-0.2, -0.15) is 8.75 Å². The van der Waals surface area contributed by atoms with E-state index in [0.29, 0.717) is 17.6 Å². The van der Waals surface area contributed by atoms with Crippen LogP contribution in [0.3, 0.4) is 0 Å². The van der Waals surface area contributed by atoms with Crippen LogP contribution in [0.4, 0.5) is 5.69 Å². The van der Waals surface area contributed by atoms with Crippen molar-refractivity contribution >= 4 is 60.3 Å². The van der Waals surface area contributed by atoms with E-state index in [1.165, 1.54) is 0 Å². The molecule has 1 heterocycles. The van der Waals surface area contributed by atoms with Gasteiger partial charge in [0.1, 0.15) is 15.9 Å². The van der Waals surface area contributed by atoms with E-state index in [2.05, 4.69) is 34.7 Å². The lowest BCUT2D eigenvalue weighted by Crippen LogP contribution is -2.33. The molecular weight excluding hydrogens is 488 g/mol. The third-order valence-electron chi connectivity index (χ3n) is 5.43. The van der Waals surface area contributed by atoms with Gasteiger partial charge in [-0.25, -0.2) is 13.1 Å². The van der Waals surface area contributed by atoms with E-state index >= 15 is 0 Å². The summed E-state index contributed by atoms with van der Waals surface area (Å²) < 4.78 is 37.4. The number of hydrogen-bond donors (Lipinski definition) is 2. The molecule has 158 valence electrons. The highest BCUT2D eigenvalue weighted by molar-refractivity contribution is 9.10. The molecule has 7 nitrogen and oxygen atoms in total. The van der Waals surface area contributed by atoms with Crippen molar-refractivity contribution in [2.75, 3.05) is 11.9 Å². The Morgan fingerprint density at radius 2 is 1.80 bits per heavy atom. The Hall–Kier alpha value is -1.88. The van der Waals surface area contributed by atoms with Crippen LogP contribution in [-0.4, -0.2) is 29.6 Å². The van der Waals surface area contributed by atoms with Gasteiger partial charge in [0.15, 0.2) is 0 Å². The summed E-state index contributed by atoms with van der Waals surface area (Å²) in [5.41, 5.74) is 1.77. The number of carbonyl (C=O) groups excluding carboxylic acids is 1. The molecule has 2 N–H and O–H groups in total. The fourth-order valence-electron chi connectivity index (χ4n) is 3.71. The minimum Gasteiger partial charge on any atom is -0.326 e. The van der Waals surface area contributed by atoms with Gasteiger partial charge in [0.05, 0.1) is 11.7 Å². The van der Waals surface area contributed by atoms with Crippen LogP contribution < -0.4 is 10.0 Å². The normalized spacial score (nSPS) is 19.6. The molecule has 0 bridgehead atoms. The number of nitrogens with zero attached hydrogens (tertiary/aromatic N) is 2. The molecule has 0 spiro atoms. The first-order chi connectivity index (χ1) is 14.4. The highest BCUT2D eigenvalue weighted by Crippen LogP contribution is 2.30. The summed E-state index contributed by atoms with van der Waals surface area (Å²) in [6, 6.07) is 12.5. The number of sulfonamides is 1. The largest absolute Gasteiger partial charge is 0.326 e. The van der Waals surface area contributed by atoms with Crippen LogP contribution in [-0.2, 0) is 14.8 Å². The quantitative estimate of drug-likeness (QED) is 0.519. The van der Waals surface area contributed by atoms with Crippen molar-refractivity contribution in [3.05, 3.63) is 46.9 Å². The highest BCUT2D eigenvalue weighted by Gasteiger charge is 2.28. The average molecular weight is 509 g/mol. The standard InChI is InChI=1S/C20H21BrN4O3S2/c21-15-8-10-16(11-9-15)23-20(26)14-6-4-13(5-7-14)12-22-30(27,28)18-3-1-2-17-19(18)25-29-24-17/h1-3,8-11,13-14,22H,4-7,12H2,(H,23,26). The maximum atomic E-state index is 12.7. The van der Waals surface area contributed by atoms with Crippen LogP contribution in [0.2, 0.25) is 0 Å². The second kappa shape index (κ2) is 9.09. The molecule has 0 aliphatic heterocycles. The van der Waals surface area contributed by atoms with Crippen molar-refractivity contribution in [2.45, 2.75) is 30.6 Å². The summed E-state index contributed by atoms with van der Waals surface area (Å²) in [5, 5.41) is 2.96. The van der Waals surface area contributed by atoms with E-state index in [1.54, 1.807) is 18.2 Å². The van der Waals surface area contributed by atoms with Gasteiger partial charge in [0.25, 0.3) is 0 Å². The minimum atomic E-state index is -3.66. The first-order valence-electron chi connectivity index (χ1n) is 9.70. The lowest BCUT2D eigenvalue weighted by atomic mass is 9.81. The Balaban J connectivity index is 1.30. The summed E-state index contributed by atoms with van der Waals surface area (Å²) in [6.07, 6.45) is 3.12. The first kappa shape index (κ1) is 21.4. The molecule has 10 heteroatoms. The SMILES string of the molecule is O=C(Nc1ccc(Br)cc1)C1CCC(CNS(=O)(=O)c2cccc3nsnc23)CC1. The second-order valence-corrected chi connectivity index (χ2v) is 10.6. The van der Waals surface area contributed by atoms with Crippen molar-refractivity contribution in [2.24, 2.45) is 11.8 Å². The van der Waals surface area contributed by atoms with Crippen LogP contribution in [0.1, 0.15) is 25.7 Å². The molecule has 0 radical (unpaired) electrons. The van der Waals surface area contributed by atoms with Crippen LogP contribution in [0.5, 0.6) is 0 Å². The fourth-order valence-corrected chi connectivity index (χ4v) is 5.85. The van der Waals surface area contributed by atoms with Gasteiger partial charge in [-0.05, 0) is 68.0 Å². The van der Waals surface area contributed by atoms with Gasteiger partial charge >= 0.3 is 0 Å². The summed E-state index contributed by atoms with van der Waals surface area (Å²) in [5.74, 6) is 0.194. The summed E-state index contributed by atoms with van der Waals surface area (Å²) in [6.45, 7) is 0.358. The highest BCUT2D eigenvalue weighted by atomic mass is 79.9. The predicted octanol–water partition coefficient (Wildman–Crippen LogP) is 4.18. The van der Waals surface area contributed by atoms with Crippen molar-refractivity contribution < 1.29 is 13.2 Å². The number of nitrogens with one attached hydrogen (secondary N) is 2. The number of anilines is 1. The van der Waals surface area contributed by atoms with E-state index in [-0.39, 0.29) is 22.6 Å². The van der Waals surface area contributed by atoms with E-state index in [9.17, 15) is 13.2 Å². The Labute approximate surface area is 187 Å². The van der Waals surface area contributed by atoms with Gasteiger partial charge in [-0.3, -0.25) is 4.79 Å². The number of amides is 1. The first-order valence-corrected chi connectivity index (χ1v) is 12.7. The van der Waals surface area contributed by atoms with Crippen molar-refractivity contribution in [3.63, 3.8) is 0 Å². The Morgan fingerprint density at radius 1 is 1.07 bits per heavy atom. The molecular formula is C20H21BrN4O3S2. The number of rotatable bonds is 6. The lowest BCUT2D eigenvalue weighted by Gasteiger charge is -2.27. The third-order valence-corrected chi connectivity index (χ3v) is 7.96. The van der Waals surface area contributed by atoms with E-state index in [1.807, 2.05) is 24.3 Å². The number of aromatic nitrogens is 2. The molecule has 0 saturated heterocycles. The summed E-state index contributed by atoms with van der Waals surface area (Å²) in [4.78, 5) is 12.7. The molecule has 30 heavy (non-hydrogen) atoms. The maximum absolute atomic E-state index is 12.7. The van der Waals surface area contributed by atoms with Crippen molar-refractivity contribution in [3.8, 4) is 0 Å². The monoisotopic (exact) mass is 508 g/mol. The molecule has 3 aromatic rings. The maximum Gasteiger partial charge on any atom is 0.242 e. The number of fused-ring (bicyclic) bond motifs is 1. The molecule has 1 amide bonds. The van der Waals surface area contributed by atoms with E-state index in [0.717, 1.165) is 47.6 Å². The molecule has 0 atom stereocenters. The van der Waals surface area contributed by atoms with Crippen LogP contribution in [0.15, 0.2) is 51.8 Å². The van der Waals surface area contributed by atoms with Crippen molar-refractivity contribution in [1.29, 1.82) is 0 Å². The zero-order valence-electron chi connectivity index (χ0n) is 16.0. The molecule has 1 fully saturated rings. The molecule has 1 aromatic heterocycles. The van der Waals surface area contributed by atoms with E-state index < -0.39 is 10.0 Å². The second-order valence-electron chi connectivity index (χ2n) is 7.45. The summed E-state index contributed by atoms with van der Waals surface area (Å²) in [7, 11) is -3.66. The molecule has 1 saturated carbocycles. The predicted molar refractivity (Wildman–Crippen MR) is 121 cm³/mol. The molecule has 2 aromatic carbocycles. The minimum absolute atomic E-state index is 0.0269. The van der Waals surface area contributed by atoms with Gasteiger partial charge in [-0.15, -0.1) is 0 Å². The molecule has 1 aliphatic carbocycles. The topological polar surface area (TPSA) is 101 Å². The Kier molecular flexibility index (Phi) is 6.47. The van der Waals surface area contributed by atoms with Gasteiger partial charge in [0, 0.05) is 22.6 Å². The van der Waals surface area contributed by atoms with Gasteiger partial charge < -0.3 is 5.32 Å². The third kappa shape index (κ3) is 4.88. The number of carbonyl (C=O) groups is 1. The average Bonchev–Trinajstić information content (AvgIpc) is 3.23. The lowest BCUT2D eigenvalue weighted by molar-refractivity contribution is -0.121. The van der Waals surface area contributed by atoms with Crippen LogP contribution >= 0.6 is 27.7 Å². The number of benzene rings is 2. The zero-order chi connectivity index (χ0) is 21.1. The van der Waals surface area contributed by atoms with Crippen LogP contribution in [0.25, 0.3) is 11.0 Å². The summed E-state index contributed by atoms with van der Waals surface area (Å²) >= 11 is 4.38. The molecule has 4 rings (SSSR count). The van der Waals surface area contributed by atoms with Gasteiger partial charge in [0.2, 0.25) is 15.9 Å². The Morgan fingerprint density at radius 3 is 2.53 bits per heavy atom.